The average Bonchev–Trinajstić information content (AvgIpc) is 3.22. The summed E-state index contributed by atoms with van der Waals surface area (Å²) < 4.78 is 11.3. The Morgan fingerprint density at radius 3 is 2.73 bits per heavy atom. The maximum absolute atomic E-state index is 13.0. The highest BCUT2D eigenvalue weighted by atomic mass is 35.5. The first-order valence-electron chi connectivity index (χ1n) is 10.6. The van der Waals surface area contributed by atoms with Crippen molar-refractivity contribution in [2.45, 2.75) is 32.2 Å². The summed E-state index contributed by atoms with van der Waals surface area (Å²) in [6, 6.07) is 14.4. The van der Waals surface area contributed by atoms with Crippen molar-refractivity contribution in [3.8, 4) is 11.5 Å². The molecule has 1 fully saturated rings. The lowest BCUT2D eigenvalue weighted by atomic mass is 9.97. The highest BCUT2D eigenvalue weighted by Crippen LogP contribution is 2.33. The normalized spacial score (nSPS) is 18.4. The summed E-state index contributed by atoms with van der Waals surface area (Å²) in [6.45, 7) is 4.10. The van der Waals surface area contributed by atoms with E-state index in [2.05, 4.69) is 29.6 Å². The quantitative estimate of drug-likeness (QED) is 0.787. The Morgan fingerprint density at radius 1 is 1.20 bits per heavy atom. The summed E-state index contributed by atoms with van der Waals surface area (Å²) in [5, 5.41) is 3.42. The molecule has 2 heterocycles. The van der Waals surface area contributed by atoms with Gasteiger partial charge in [0.1, 0.15) is 0 Å². The van der Waals surface area contributed by atoms with Gasteiger partial charge in [-0.25, -0.2) is 0 Å². The van der Waals surface area contributed by atoms with Crippen LogP contribution in [0, 0.1) is 5.92 Å². The molecule has 4 rings (SSSR count). The third-order valence-electron chi connectivity index (χ3n) is 5.88. The molecule has 0 aliphatic carbocycles. The molecule has 0 saturated carbocycles. The summed E-state index contributed by atoms with van der Waals surface area (Å²) >= 11 is 0. The standard InChI is InChI=1S/C24H30N2O3.ClH/c1-28-22-5-2-4-21-17-26(12-3-13-29-24(21)22)23(27)15-19-8-6-18(7-9-19)14-20-10-11-25-16-20;/h2,4-9,20,25H,3,10-17H2,1H3;1H. The van der Waals surface area contributed by atoms with Gasteiger partial charge in [0.15, 0.2) is 11.5 Å². The number of carbonyl (C=O) groups excluding carboxylic acids is 1. The fourth-order valence-electron chi connectivity index (χ4n) is 4.24. The van der Waals surface area contributed by atoms with Crippen molar-refractivity contribution >= 4 is 18.3 Å². The molecule has 1 saturated heterocycles. The van der Waals surface area contributed by atoms with E-state index in [1.54, 1.807) is 7.11 Å². The zero-order valence-electron chi connectivity index (χ0n) is 17.6. The number of methoxy groups -OCH3 is 1. The van der Waals surface area contributed by atoms with Crippen molar-refractivity contribution in [2.24, 2.45) is 5.92 Å². The van der Waals surface area contributed by atoms with Crippen LogP contribution in [0.5, 0.6) is 11.5 Å². The maximum Gasteiger partial charge on any atom is 0.227 e. The van der Waals surface area contributed by atoms with Crippen molar-refractivity contribution < 1.29 is 14.3 Å². The summed E-state index contributed by atoms with van der Waals surface area (Å²) in [5.41, 5.74) is 3.43. The van der Waals surface area contributed by atoms with Gasteiger partial charge in [0, 0.05) is 18.7 Å². The van der Waals surface area contributed by atoms with Gasteiger partial charge in [0.25, 0.3) is 0 Å². The number of hydrogen-bond donors (Lipinski definition) is 1. The minimum absolute atomic E-state index is 0. The predicted molar refractivity (Wildman–Crippen MR) is 121 cm³/mol. The zero-order valence-corrected chi connectivity index (χ0v) is 18.4. The number of hydrogen-bond acceptors (Lipinski definition) is 4. The van der Waals surface area contributed by atoms with Gasteiger partial charge in [-0.15, -0.1) is 12.4 Å². The van der Waals surface area contributed by atoms with Crippen LogP contribution in [-0.2, 0) is 24.2 Å². The molecule has 0 radical (unpaired) electrons. The van der Waals surface area contributed by atoms with Crippen LogP contribution < -0.4 is 14.8 Å². The van der Waals surface area contributed by atoms with E-state index in [0.29, 0.717) is 26.1 Å². The van der Waals surface area contributed by atoms with E-state index in [1.807, 2.05) is 23.1 Å². The molecule has 1 amide bonds. The fraction of sp³-hybridized carbons (Fsp3) is 0.458. The molecule has 1 atom stereocenters. The van der Waals surface area contributed by atoms with Gasteiger partial charge in [-0.3, -0.25) is 4.79 Å². The van der Waals surface area contributed by atoms with Gasteiger partial charge in [-0.2, -0.15) is 0 Å². The number of halogens is 1. The van der Waals surface area contributed by atoms with Crippen LogP contribution in [-0.4, -0.2) is 44.2 Å². The lowest BCUT2D eigenvalue weighted by Crippen LogP contribution is -2.34. The largest absolute Gasteiger partial charge is 0.493 e. The molecular formula is C24H31ClN2O3. The highest BCUT2D eigenvalue weighted by Gasteiger charge is 2.21. The van der Waals surface area contributed by atoms with Crippen LogP contribution in [0.25, 0.3) is 0 Å². The van der Waals surface area contributed by atoms with Gasteiger partial charge in [-0.05, 0) is 55.5 Å². The smallest absolute Gasteiger partial charge is 0.227 e. The molecule has 5 nitrogen and oxygen atoms in total. The topological polar surface area (TPSA) is 50.8 Å². The number of nitrogens with one attached hydrogen (secondary N) is 1. The third kappa shape index (κ3) is 5.46. The van der Waals surface area contributed by atoms with Crippen LogP contribution in [0.2, 0.25) is 0 Å². The monoisotopic (exact) mass is 430 g/mol. The van der Waals surface area contributed by atoms with E-state index in [1.165, 1.54) is 12.0 Å². The second-order valence-corrected chi connectivity index (χ2v) is 8.02. The molecule has 1 N–H and O–H groups in total. The molecule has 0 spiro atoms. The Bertz CT molecular complexity index is 835. The van der Waals surface area contributed by atoms with E-state index in [0.717, 1.165) is 54.5 Å². The first kappa shape index (κ1) is 22.4. The van der Waals surface area contributed by atoms with E-state index < -0.39 is 0 Å². The van der Waals surface area contributed by atoms with Crippen LogP contribution in [0.15, 0.2) is 42.5 Å². The van der Waals surface area contributed by atoms with E-state index in [-0.39, 0.29) is 18.3 Å². The Labute approximate surface area is 185 Å². The summed E-state index contributed by atoms with van der Waals surface area (Å²) in [5.74, 6) is 2.39. The number of ether oxygens (including phenoxy) is 2. The van der Waals surface area contributed by atoms with Gasteiger partial charge in [-0.1, -0.05) is 36.4 Å². The Balaban J connectivity index is 0.00000256. The van der Waals surface area contributed by atoms with Gasteiger partial charge < -0.3 is 19.7 Å². The predicted octanol–water partition coefficient (Wildman–Crippen LogP) is 3.62. The van der Waals surface area contributed by atoms with Crippen molar-refractivity contribution in [3.63, 3.8) is 0 Å². The molecule has 6 heteroatoms. The molecule has 0 aromatic heterocycles. The number of benzene rings is 2. The van der Waals surface area contributed by atoms with E-state index in [4.69, 9.17) is 9.47 Å². The first-order chi connectivity index (χ1) is 14.2. The van der Waals surface area contributed by atoms with E-state index >= 15 is 0 Å². The number of fused-ring (bicyclic) bond motifs is 1. The minimum Gasteiger partial charge on any atom is -0.493 e. The van der Waals surface area contributed by atoms with Crippen LogP contribution in [0.1, 0.15) is 29.5 Å². The van der Waals surface area contributed by atoms with Crippen molar-refractivity contribution in [3.05, 3.63) is 59.2 Å². The van der Waals surface area contributed by atoms with Crippen molar-refractivity contribution in [1.29, 1.82) is 0 Å². The number of para-hydroxylation sites is 1. The number of carbonyl (C=O) groups is 1. The van der Waals surface area contributed by atoms with Gasteiger partial charge >= 0.3 is 0 Å². The number of amides is 1. The zero-order chi connectivity index (χ0) is 20.1. The SMILES string of the molecule is COc1cccc2c1OCCCN(C(=O)Cc1ccc(CC3CCNC3)cc1)C2.Cl. The second kappa shape index (κ2) is 10.7. The van der Waals surface area contributed by atoms with Crippen LogP contribution in [0.4, 0.5) is 0 Å². The number of rotatable bonds is 5. The van der Waals surface area contributed by atoms with Gasteiger partial charge in [0.05, 0.1) is 20.1 Å². The maximum atomic E-state index is 13.0. The van der Waals surface area contributed by atoms with E-state index in [9.17, 15) is 4.79 Å². The molecule has 2 aliphatic rings. The lowest BCUT2D eigenvalue weighted by Gasteiger charge is -2.27. The lowest BCUT2D eigenvalue weighted by molar-refractivity contribution is -0.131. The molecule has 2 aromatic carbocycles. The Morgan fingerprint density at radius 2 is 2.00 bits per heavy atom. The third-order valence-corrected chi connectivity index (χ3v) is 5.88. The molecule has 0 bridgehead atoms. The Kier molecular flexibility index (Phi) is 8.00. The molecule has 2 aliphatic heterocycles. The molecule has 30 heavy (non-hydrogen) atoms. The van der Waals surface area contributed by atoms with Crippen LogP contribution in [0.3, 0.4) is 0 Å². The molecule has 162 valence electrons. The molecular weight excluding hydrogens is 400 g/mol. The summed E-state index contributed by atoms with van der Waals surface area (Å²) in [6.07, 6.45) is 3.63. The minimum atomic E-state index is 0. The Hall–Kier alpha value is -2.24. The van der Waals surface area contributed by atoms with Crippen molar-refractivity contribution in [2.75, 3.05) is 33.4 Å². The molecule has 1 unspecified atom stereocenters. The first-order valence-corrected chi connectivity index (χ1v) is 10.6. The van der Waals surface area contributed by atoms with Crippen LogP contribution >= 0.6 is 12.4 Å². The highest BCUT2D eigenvalue weighted by molar-refractivity contribution is 5.85. The van der Waals surface area contributed by atoms with Crippen molar-refractivity contribution in [1.82, 2.24) is 10.2 Å². The number of nitrogens with zero attached hydrogens (tertiary/aromatic N) is 1. The summed E-state index contributed by atoms with van der Waals surface area (Å²) in [4.78, 5) is 14.9. The fourth-order valence-corrected chi connectivity index (χ4v) is 4.24. The van der Waals surface area contributed by atoms with Gasteiger partial charge in [0.2, 0.25) is 5.91 Å². The molecule has 2 aromatic rings. The summed E-state index contributed by atoms with van der Waals surface area (Å²) in [7, 11) is 1.65. The second-order valence-electron chi connectivity index (χ2n) is 8.02. The average molecular weight is 431 g/mol.